The molecule has 0 atom stereocenters. The molecule has 0 fully saturated rings. The molecule has 0 spiro atoms. The summed E-state index contributed by atoms with van der Waals surface area (Å²) in [6.45, 7) is 0.243. The topological polar surface area (TPSA) is 65.2 Å². The fourth-order valence-electron chi connectivity index (χ4n) is 2.52. The number of rotatable bonds is 3. The number of amides is 2. The van der Waals surface area contributed by atoms with Crippen molar-refractivity contribution >= 4 is 22.7 Å². The highest BCUT2D eigenvalue weighted by molar-refractivity contribution is 5.98. The maximum atomic E-state index is 12.2. The molecule has 0 aliphatic carbocycles. The highest BCUT2D eigenvalue weighted by Gasteiger charge is 2.08. The van der Waals surface area contributed by atoms with Crippen LogP contribution in [-0.4, -0.2) is 42.3 Å². The smallest absolute Gasteiger partial charge is 0.268 e. The van der Waals surface area contributed by atoms with Crippen LogP contribution in [-0.2, 0) is 0 Å². The molecule has 0 aliphatic heterocycles. The fourth-order valence-corrected chi connectivity index (χ4v) is 2.52. The first-order valence-electron chi connectivity index (χ1n) is 8.21. The zero-order chi connectivity index (χ0) is 18.5. The summed E-state index contributed by atoms with van der Waals surface area (Å²) in [4.78, 5) is 28.6. The molecule has 1 heterocycles. The Morgan fingerprint density at radius 1 is 1.08 bits per heavy atom. The summed E-state index contributed by atoms with van der Waals surface area (Å²) in [5.74, 6) is 5.65. The lowest BCUT2D eigenvalue weighted by Crippen LogP contribution is -2.23. The van der Waals surface area contributed by atoms with Gasteiger partial charge in [0.15, 0.2) is 0 Å². The Hall–Kier alpha value is -3.52. The van der Waals surface area contributed by atoms with Gasteiger partial charge < -0.3 is 15.2 Å². The van der Waals surface area contributed by atoms with E-state index in [9.17, 15) is 9.59 Å². The Morgan fingerprint density at radius 3 is 2.50 bits per heavy atom. The van der Waals surface area contributed by atoms with Gasteiger partial charge in [0, 0.05) is 36.1 Å². The molecular weight excluding hydrogens is 326 g/mol. The largest absolute Gasteiger partial charge is 0.351 e. The maximum absolute atomic E-state index is 12.2. The fraction of sp³-hybridized carbons (Fsp3) is 0.143. The normalized spacial score (nSPS) is 10.1. The molecule has 5 nitrogen and oxygen atoms in total. The summed E-state index contributed by atoms with van der Waals surface area (Å²) in [5, 5.41) is 3.77. The average Bonchev–Trinajstić information content (AvgIpc) is 3.09. The lowest BCUT2D eigenvalue weighted by Gasteiger charge is -2.09. The second-order valence-corrected chi connectivity index (χ2v) is 6.03. The van der Waals surface area contributed by atoms with Crippen molar-refractivity contribution in [1.82, 2.24) is 15.2 Å². The number of nitrogens with zero attached hydrogens (tertiary/aromatic N) is 1. The summed E-state index contributed by atoms with van der Waals surface area (Å²) in [6, 6.07) is 16.6. The number of fused-ring (bicyclic) bond motifs is 1. The van der Waals surface area contributed by atoms with Crippen LogP contribution < -0.4 is 5.32 Å². The van der Waals surface area contributed by atoms with Gasteiger partial charge in [-0.1, -0.05) is 30.0 Å². The van der Waals surface area contributed by atoms with Gasteiger partial charge in [-0.25, -0.2) is 0 Å². The first kappa shape index (κ1) is 17.3. The predicted octanol–water partition coefficient (Wildman–Crippen LogP) is 2.65. The van der Waals surface area contributed by atoms with E-state index < -0.39 is 0 Å². The number of aromatic amines is 1. The molecule has 0 saturated heterocycles. The highest BCUT2D eigenvalue weighted by Crippen LogP contribution is 2.14. The van der Waals surface area contributed by atoms with Crippen LogP contribution in [0.3, 0.4) is 0 Å². The van der Waals surface area contributed by atoms with Crippen molar-refractivity contribution in [3.05, 3.63) is 71.4 Å². The third-order valence-electron chi connectivity index (χ3n) is 3.88. The molecule has 0 unspecified atom stereocenters. The van der Waals surface area contributed by atoms with E-state index in [0.717, 1.165) is 16.5 Å². The van der Waals surface area contributed by atoms with E-state index in [1.165, 1.54) is 4.90 Å². The number of para-hydroxylation sites is 1. The van der Waals surface area contributed by atoms with Gasteiger partial charge in [0.25, 0.3) is 11.8 Å². The molecule has 0 aliphatic rings. The minimum absolute atomic E-state index is 0.0462. The van der Waals surface area contributed by atoms with Gasteiger partial charge in [-0.05, 0) is 36.4 Å². The zero-order valence-electron chi connectivity index (χ0n) is 14.7. The van der Waals surface area contributed by atoms with E-state index in [-0.39, 0.29) is 18.4 Å². The lowest BCUT2D eigenvalue weighted by atomic mass is 10.1. The Kier molecular flexibility index (Phi) is 5.04. The first-order chi connectivity index (χ1) is 12.5. The van der Waals surface area contributed by atoms with Gasteiger partial charge in [-0.15, -0.1) is 0 Å². The summed E-state index contributed by atoms with van der Waals surface area (Å²) in [5.41, 5.74) is 2.85. The van der Waals surface area contributed by atoms with Crippen LogP contribution in [0.25, 0.3) is 10.9 Å². The van der Waals surface area contributed by atoms with Gasteiger partial charge in [-0.2, -0.15) is 0 Å². The quantitative estimate of drug-likeness (QED) is 0.717. The number of benzene rings is 2. The van der Waals surface area contributed by atoms with Gasteiger partial charge in [0.1, 0.15) is 5.69 Å². The standard InChI is InChI=1S/C21H19N3O2/c1-24(2)21(26)16-11-9-15(10-12-16)6-5-13-22-20(25)19-14-17-7-3-4-8-18(17)23-19/h3-4,7-12,14,23H,13H2,1-2H3,(H,22,25). The van der Waals surface area contributed by atoms with Gasteiger partial charge in [0.2, 0.25) is 0 Å². The van der Waals surface area contributed by atoms with Crippen molar-refractivity contribution in [2.75, 3.05) is 20.6 Å². The number of aromatic nitrogens is 1. The number of nitrogens with one attached hydrogen (secondary N) is 2. The van der Waals surface area contributed by atoms with Crippen molar-refractivity contribution in [3.8, 4) is 11.8 Å². The average molecular weight is 345 g/mol. The van der Waals surface area contributed by atoms with Crippen molar-refractivity contribution in [3.63, 3.8) is 0 Å². The Morgan fingerprint density at radius 2 is 1.81 bits per heavy atom. The number of H-pyrrole nitrogens is 1. The van der Waals surface area contributed by atoms with Crippen molar-refractivity contribution in [2.45, 2.75) is 0 Å². The van der Waals surface area contributed by atoms with Crippen LogP contribution in [0.4, 0.5) is 0 Å². The molecule has 1 aromatic heterocycles. The van der Waals surface area contributed by atoms with Gasteiger partial charge >= 0.3 is 0 Å². The summed E-state index contributed by atoms with van der Waals surface area (Å²) in [7, 11) is 3.43. The van der Waals surface area contributed by atoms with Crippen LogP contribution in [0.15, 0.2) is 54.6 Å². The molecule has 3 aromatic rings. The second-order valence-electron chi connectivity index (χ2n) is 6.03. The molecule has 0 radical (unpaired) electrons. The lowest BCUT2D eigenvalue weighted by molar-refractivity contribution is 0.0827. The molecule has 2 aromatic carbocycles. The molecule has 2 amide bonds. The molecule has 26 heavy (non-hydrogen) atoms. The first-order valence-corrected chi connectivity index (χ1v) is 8.21. The molecule has 2 N–H and O–H groups in total. The molecule has 3 rings (SSSR count). The molecule has 130 valence electrons. The monoisotopic (exact) mass is 345 g/mol. The number of hydrogen-bond acceptors (Lipinski definition) is 2. The minimum Gasteiger partial charge on any atom is -0.351 e. The van der Waals surface area contributed by atoms with E-state index in [2.05, 4.69) is 22.1 Å². The second kappa shape index (κ2) is 7.58. The van der Waals surface area contributed by atoms with Crippen LogP contribution >= 0.6 is 0 Å². The maximum Gasteiger partial charge on any atom is 0.268 e. The molecule has 0 bridgehead atoms. The van der Waals surface area contributed by atoms with Crippen LogP contribution in [0.2, 0.25) is 0 Å². The summed E-state index contributed by atoms with van der Waals surface area (Å²) >= 11 is 0. The van der Waals surface area contributed by atoms with Gasteiger partial charge in [-0.3, -0.25) is 9.59 Å². The van der Waals surface area contributed by atoms with Crippen molar-refractivity contribution < 1.29 is 9.59 Å². The third kappa shape index (κ3) is 3.93. The van der Waals surface area contributed by atoms with E-state index >= 15 is 0 Å². The predicted molar refractivity (Wildman–Crippen MR) is 102 cm³/mol. The van der Waals surface area contributed by atoms with Gasteiger partial charge in [0.05, 0.1) is 6.54 Å². The summed E-state index contributed by atoms with van der Waals surface area (Å²) < 4.78 is 0. The highest BCUT2D eigenvalue weighted by atomic mass is 16.2. The third-order valence-corrected chi connectivity index (χ3v) is 3.88. The molecule has 0 saturated carbocycles. The number of carbonyl (C=O) groups excluding carboxylic acids is 2. The molecule has 5 heteroatoms. The van der Waals surface area contributed by atoms with Crippen molar-refractivity contribution in [1.29, 1.82) is 0 Å². The SMILES string of the molecule is CN(C)C(=O)c1ccc(C#CCNC(=O)c2cc3ccccc3[nH]2)cc1. The molecular formula is C21H19N3O2. The van der Waals surface area contributed by atoms with Crippen LogP contribution in [0.5, 0.6) is 0 Å². The Balaban J connectivity index is 1.58. The summed E-state index contributed by atoms with van der Waals surface area (Å²) in [6.07, 6.45) is 0. The van der Waals surface area contributed by atoms with Crippen molar-refractivity contribution in [2.24, 2.45) is 0 Å². The van der Waals surface area contributed by atoms with Crippen LogP contribution in [0, 0.1) is 11.8 Å². The number of carbonyl (C=O) groups is 2. The van der Waals surface area contributed by atoms with E-state index in [4.69, 9.17) is 0 Å². The van der Waals surface area contributed by atoms with E-state index in [1.54, 1.807) is 38.4 Å². The Labute approximate surface area is 152 Å². The number of hydrogen-bond donors (Lipinski definition) is 2. The Bertz CT molecular complexity index is 972. The van der Waals surface area contributed by atoms with Crippen LogP contribution in [0.1, 0.15) is 26.4 Å². The van der Waals surface area contributed by atoms with E-state index in [1.807, 2.05) is 30.3 Å². The zero-order valence-corrected chi connectivity index (χ0v) is 14.7. The van der Waals surface area contributed by atoms with E-state index in [0.29, 0.717) is 11.3 Å². The minimum atomic E-state index is -0.192.